The van der Waals surface area contributed by atoms with Crippen LogP contribution in [0.4, 0.5) is 0 Å². The molecule has 0 spiro atoms. The third kappa shape index (κ3) is 2.72. The summed E-state index contributed by atoms with van der Waals surface area (Å²) in [7, 11) is 0. The minimum Gasteiger partial charge on any atom is -0.508 e. The van der Waals surface area contributed by atoms with E-state index in [1.54, 1.807) is 6.07 Å². The number of aliphatic hydroxyl groups is 1. The van der Waals surface area contributed by atoms with Gasteiger partial charge in [0.25, 0.3) is 0 Å². The maximum absolute atomic E-state index is 9.67. The lowest BCUT2D eigenvalue weighted by atomic mass is 10.2. The first-order valence-corrected chi connectivity index (χ1v) is 5.98. The zero-order valence-electron chi connectivity index (χ0n) is 9.00. The quantitative estimate of drug-likeness (QED) is 0.768. The second-order valence-corrected chi connectivity index (χ2v) is 4.59. The zero-order chi connectivity index (χ0) is 12.3. The number of aliphatic hydroxyl groups excluding tert-OH is 1. The fourth-order valence-electron chi connectivity index (χ4n) is 1.39. The van der Waals surface area contributed by atoms with Gasteiger partial charge in [0.2, 0.25) is 0 Å². The smallest absolute Gasteiger partial charge is 0.151 e. The van der Waals surface area contributed by atoms with Crippen LogP contribution in [0.25, 0.3) is 10.6 Å². The molecule has 0 aliphatic rings. The van der Waals surface area contributed by atoms with Crippen LogP contribution in [0.15, 0.2) is 18.2 Å². The van der Waals surface area contributed by atoms with E-state index in [0.29, 0.717) is 23.4 Å². The topological polar surface area (TPSA) is 86.5 Å². The molecule has 1 heterocycles. The molecule has 17 heavy (non-hydrogen) atoms. The monoisotopic (exact) mass is 252 g/mol. The van der Waals surface area contributed by atoms with Crippen molar-refractivity contribution in [2.75, 3.05) is 6.61 Å². The van der Waals surface area contributed by atoms with E-state index in [9.17, 15) is 10.2 Å². The second kappa shape index (κ2) is 5.11. The van der Waals surface area contributed by atoms with Crippen molar-refractivity contribution in [2.45, 2.75) is 12.8 Å². The Hall–Kier alpha value is -1.66. The van der Waals surface area contributed by atoms with Gasteiger partial charge in [0.1, 0.15) is 16.5 Å². The Kier molecular flexibility index (Phi) is 3.55. The van der Waals surface area contributed by atoms with Gasteiger partial charge in [-0.1, -0.05) is 11.3 Å². The van der Waals surface area contributed by atoms with Gasteiger partial charge >= 0.3 is 0 Å². The summed E-state index contributed by atoms with van der Waals surface area (Å²) >= 11 is 1.37. The number of hydrogen-bond acceptors (Lipinski definition) is 6. The van der Waals surface area contributed by atoms with Crippen LogP contribution in [-0.4, -0.2) is 32.1 Å². The van der Waals surface area contributed by atoms with E-state index in [2.05, 4.69) is 10.2 Å². The number of nitrogens with zero attached hydrogens (tertiary/aromatic N) is 2. The number of hydrogen-bond donors (Lipinski definition) is 3. The summed E-state index contributed by atoms with van der Waals surface area (Å²) in [6.45, 7) is 0.124. The normalized spacial score (nSPS) is 10.6. The molecule has 1 aromatic carbocycles. The SMILES string of the molecule is OCCCc1nnc(-c2ccc(O)cc2O)s1. The zero-order valence-corrected chi connectivity index (χ0v) is 9.81. The molecule has 0 amide bonds. The minimum atomic E-state index is -0.0186. The highest BCUT2D eigenvalue weighted by molar-refractivity contribution is 7.14. The highest BCUT2D eigenvalue weighted by atomic mass is 32.1. The summed E-state index contributed by atoms with van der Waals surface area (Å²) in [6.07, 6.45) is 1.32. The van der Waals surface area contributed by atoms with Gasteiger partial charge in [-0.2, -0.15) is 0 Å². The number of aromatic nitrogens is 2. The molecule has 0 unspecified atom stereocenters. The Bertz CT molecular complexity index is 513. The largest absolute Gasteiger partial charge is 0.508 e. The first-order valence-electron chi connectivity index (χ1n) is 5.16. The maximum Gasteiger partial charge on any atom is 0.151 e. The molecule has 0 bridgehead atoms. The molecule has 1 aromatic heterocycles. The Balaban J connectivity index is 2.24. The molecular weight excluding hydrogens is 240 g/mol. The Morgan fingerprint density at radius 3 is 2.71 bits per heavy atom. The molecule has 6 heteroatoms. The predicted octanol–water partition coefficient (Wildman–Crippen LogP) is 1.54. The number of aryl methyl sites for hydroxylation is 1. The molecule has 3 N–H and O–H groups in total. The molecule has 2 aromatic rings. The molecular formula is C11H12N2O3S. The van der Waals surface area contributed by atoms with Gasteiger partial charge in [0.15, 0.2) is 5.01 Å². The van der Waals surface area contributed by atoms with Gasteiger partial charge in [0, 0.05) is 19.1 Å². The van der Waals surface area contributed by atoms with Crippen molar-refractivity contribution in [1.82, 2.24) is 10.2 Å². The van der Waals surface area contributed by atoms with Crippen LogP contribution in [0.2, 0.25) is 0 Å². The van der Waals surface area contributed by atoms with Crippen molar-refractivity contribution in [2.24, 2.45) is 0 Å². The van der Waals surface area contributed by atoms with Gasteiger partial charge in [-0.3, -0.25) is 0 Å². The van der Waals surface area contributed by atoms with Crippen molar-refractivity contribution < 1.29 is 15.3 Å². The molecule has 0 aliphatic carbocycles. The van der Waals surface area contributed by atoms with E-state index >= 15 is 0 Å². The van der Waals surface area contributed by atoms with Crippen LogP contribution in [0.5, 0.6) is 11.5 Å². The van der Waals surface area contributed by atoms with E-state index in [4.69, 9.17) is 5.11 Å². The average Bonchev–Trinajstić information content (AvgIpc) is 2.75. The van der Waals surface area contributed by atoms with E-state index in [1.807, 2.05) is 0 Å². The summed E-state index contributed by atoms with van der Waals surface area (Å²) in [6, 6.07) is 4.36. The van der Waals surface area contributed by atoms with Crippen molar-refractivity contribution in [3.63, 3.8) is 0 Å². The summed E-state index contributed by atoms with van der Waals surface area (Å²) in [5.74, 6) is -0.00822. The standard InChI is InChI=1S/C11H12N2O3S/c14-5-1-2-10-12-13-11(17-10)8-4-3-7(15)6-9(8)16/h3-4,6,14-16H,1-2,5H2. The number of benzene rings is 1. The van der Waals surface area contributed by atoms with Gasteiger partial charge in [-0.15, -0.1) is 10.2 Å². The number of phenols is 2. The van der Waals surface area contributed by atoms with Crippen LogP contribution >= 0.6 is 11.3 Å². The van der Waals surface area contributed by atoms with Gasteiger partial charge in [0.05, 0.1) is 5.56 Å². The average molecular weight is 252 g/mol. The molecule has 0 atom stereocenters. The van der Waals surface area contributed by atoms with Crippen molar-refractivity contribution in [3.05, 3.63) is 23.2 Å². The number of phenolic OH excluding ortho intramolecular Hbond substituents is 2. The molecule has 5 nitrogen and oxygen atoms in total. The summed E-state index contributed by atoms with van der Waals surface area (Å²) < 4.78 is 0. The lowest BCUT2D eigenvalue weighted by Crippen LogP contribution is -1.87. The molecule has 0 radical (unpaired) electrons. The second-order valence-electron chi connectivity index (χ2n) is 3.53. The van der Waals surface area contributed by atoms with E-state index in [0.717, 1.165) is 5.01 Å². The van der Waals surface area contributed by atoms with Gasteiger partial charge in [-0.05, 0) is 18.6 Å². The van der Waals surface area contributed by atoms with Crippen LogP contribution in [0.1, 0.15) is 11.4 Å². The Labute approximate surface area is 102 Å². The molecule has 0 aliphatic heterocycles. The predicted molar refractivity (Wildman–Crippen MR) is 64.1 cm³/mol. The highest BCUT2D eigenvalue weighted by Gasteiger charge is 2.11. The maximum atomic E-state index is 9.67. The Morgan fingerprint density at radius 1 is 1.18 bits per heavy atom. The van der Waals surface area contributed by atoms with Gasteiger partial charge in [-0.25, -0.2) is 0 Å². The molecule has 90 valence electrons. The van der Waals surface area contributed by atoms with Crippen LogP contribution in [-0.2, 0) is 6.42 Å². The van der Waals surface area contributed by atoms with Crippen molar-refractivity contribution >= 4 is 11.3 Å². The van der Waals surface area contributed by atoms with Crippen molar-refractivity contribution in [1.29, 1.82) is 0 Å². The first kappa shape index (κ1) is 11.8. The lowest BCUT2D eigenvalue weighted by Gasteiger charge is -1.99. The van der Waals surface area contributed by atoms with Crippen molar-refractivity contribution in [3.8, 4) is 22.1 Å². The van der Waals surface area contributed by atoms with Crippen LogP contribution in [0, 0.1) is 0 Å². The third-order valence-corrected chi connectivity index (χ3v) is 3.24. The summed E-state index contributed by atoms with van der Waals surface area (Å²) in [5.41, 5.74) is 0.551. The van der Waals surface area contributed by atoms with Crippen LogP contribution in [0.3, 0.4) is 0 Å². The van der Waals surface area contributed by atoms with E-state index in [-0.39, 0.29) is 18.1 Å². The summed E-state index contributed by atoms with van der Waals surface area (Å²) in [5, 5.41) is 36.9. The fraction of sp³-hybridized carbons (Fsp3) is 0.273. The molecule has 0 fully saturated rings. The number of aromatic hydroxyl groups is 2. The summed E-state index contributed by atoms with van der Waals surface area (Å²) in [4.78, 5) is 0. The molecule has 0 saturated carbocycles. The molecule has 0 saturated heterocycles. The van der Waals surface area contributed by atoms with E-state index < -0.39 is 0 Å². The fourth-order valence-corrected chi connectivity index (χ4v) is 2.31. The van der Waals surface area contributed by atoms with Gasteiger partial charge < -0.3 is 15.3 Å². The first-order chi connectivity index (χ1) is 8.20. The third-order valence-electron chi connectivity index (χ3n) is 2.23. The highest BCUT2D eigenvalue weighted by Crippen LogP contribution is 2.33. The Morgan fingerprint density at radius 2 is 2.00 bits per heavy atom. The lowest BCUT2D eigenvalue weighted by molar-refractivity contribution is 0.288. The molecule has 2 rings (SSSR count). The number of rotatable bonds is 4. The minimum absolute atomic E-state index is 0.0104. The van der Waals surface area contributed by atoms with E-state index in [1.165, 1.54) is 23.5 Å². The van der Waals surface area contributed by atoms with Crippen LogP contribution < -0.4 is 0 Å².